The van der Waals surface area contributed by atoms with Crippen molar-refractivity contribution in [1.29, 1.82) is 0 Å². The van der Waals surface area contributed by atoms with Gasteiger partial charge < -0.3 is 5.32 Å². The average molecular weight is 323 g/mol. The molecule has 0 aliphatic heterocycles. The van der Waals surface area contributed by atoms with E-state index in [-0.39, 0.29) is 5.91 Å². The quantitative estimate of drug-likeness (QED) is 0.783. The Bertz CT molecular complexity index is 799. The predicted octanol–water partition coefficient (Wildman–Crippen LogP) is 3.37. The van der Waals surface area contributed by atoms with Crippen molar-refractivity contribution in [3.05, 3.63) is 70.3 Å². The maximum atomic E-state index is 12.0. The zero-order valence-electron chi connectivity index (χ0n) is 12.8. The van der Waals surface area contributed by atoms with Crippen molar-refractivity contribution in [2.24, 2.45) is 0 Å². The number of hydrogen-bond donors (Lipinski definition) is 1. The molecule has 1 aromatic carbocycles. The Hall–Kier alpha value is -2.53. The van der Waals surface area contributed by atoms with Crippen LogP contribution in [0.3, 0.4) is 0 Å². The predicted molar refractivity (Wildman–Crippen MR) is 92.1 cm³/mol. The summed E-state index contributed by atoms with van der Waals surface area (Å²) in [4.78, 5) is 20.6. The first-order valence-corrected chi connectivity index (χ1v) is 8.26. The second-order valence-corrected chi connectivity index (χ2v) is 6.20. The molecular formula is C18H17N3OS. The van der Waals surface area contributed by atoms with Gasteiger partial charge >= 0.3 is 0 Å². The SMILES string of the molecule is Cc1ccccc1-c1csc(CC(=O)NCc2cccnc2)n1. The Morgan fingerprint density at radius 1 is 1.22 bits per heavy atom. The molecule has 5 heteroatoms. The minimum atomic E-state index is -0.0282. The van der Waals surface area contributed by atoms with Gasteiger partial charge in [0, 0.05) is 29.9 Å². The third kappa shape index (κ3) is 4.02. The van der Waals surface area contributed by atoms with Crippen LogP contribution in [-0.4, -0.2) is 15.9 Å². The normalized spacial score (nSPS) is 10.5. The summed E-state index contributed by atoms with van der Waals surface area (Å²) in [6.07, 6.45) is 3.77. The Morgan fingerprint density at radius 3 is 2.87 bits per heavy atom. The first kappa shape index (κ1) is 15.4. The summed E-state index contributed by atoms with van der Waals surface area (Å²) in [6.45, 7) is 2.55. The number of amides is 1. The number of benzene rings is 1. The van der Waals surface area contributed by atoms with Crippen LogP contribution in [-0.2, 0) is 17.8 Å². The molecule has 2 aromatic heterocycles. The smallest absolute Gasteiger partial charge is 0.227 e. The Morgan fingerprint density at radius 2 is 2.09 bits per heavy atom. The highest BCUT2D eigenvalue weighted by atomic mass is 32.1. The Kier molecular flexibility index (Phi) is 4.78. The van der Waals surface area contributed by atoms with Gasteiger partial charge in [-0.3, -0.25) is 9.78 Å². The number of carbonyl (C=O) groups is 1. The monoisotopic (exact) mass is 323 g/mol. The maximum Gasteiger partial charge on any atom is 0.227 e. The van der Waals surface area contributed by atoms with Crippen LogP contribution in [0.2, 0.25) is 0 Å². The molecule has 3 rings (SSSR count). The summed E-state index contributed by atoms with van der Waals surface area (Å²) < 4.78 is 0. The number of hydrogen-bond acceptors (Lipinski definition) is 4. The molecular weight excluding hydrogens is 306 g/mol. The van der Waals surface area contributed by atoms with Gasteiger partial charge in [0.25, 0.3) is 0 Å². The third-order valence-corrected chi connectivity index (χ3v) is 4.35. The van der Waals surface area contributed by atoms with Crippen LogP contribution >= 0.6 is 11.3 Å². The lowest BCUT2D eigenvalue weighted by Crippen LogP contribution is -2.24. The van der Waals surface area contributed by atoms with Gasteiger partial charge in [0.2, 0.25) is 5.91 Å². The number of aromatic nitrogens is 2. The first-order chi connectivity index (χ1) is 11.2. The number of nitrogens with zero attached hydrogens (tertiary/aromatic N) is 2. The molecule has 0 atom stereocenters. The van der Waals surface area contributed by atoms with Crippen LogP contribution in [0, 0.1) is 6.92 Å². The number of rotatable bonds is 5. The minimum Gasteiger partial charge on any atom is -0.352 e. The van der Waals surface area contributed by atoms with Crippen LogP contribution in [0.5, 0.6) is 0 Å². The molecule has 2 heterocycles. The molecule has 0 aliphatic carbocycles. The molecule has 0 spiro atoms. The molecule has 4 nitrogen and oxygen atoms in total. The van der Waals surface area contributed by atoms with E-state index in [1.54, 1.807) is 12.4 Å². The van der Waals surface area contributed by atoms with Crippen molar-refractivity contribution < 1.29 is 4.79 Å². The van der Waals surface area contributed by atoms with Crippen molar-refractivity contribution in [3.63, 3.8) is 0 Å². The number of pyridine rings is 1. The lowest BCUT2D eigenvalue weighted by Gasteiger charge is -2.03. The fourth-order valence-corrected chi connectivity index (χ4v) is 3.07. The van der Waals surface area contributed by atoms with Gasteiger partial charge in [0.15, 0.2) is 0 Å². The fraction of sp³-hybridized carbons (Fsp3) is 0.167. The van der Waals surface area contributed by atoms with E-state index in [2.05, 4.69) is 34.3 Å². The number of nitrogens with one attached hydrogen (secondary N) is 1. The van der Waals surface area contributed by atoms with Gasteiger partial charge in [-0.2, -0.15) is 0 Å². The summed E-state index contributed by atoms with van der Waals surface area (Å²) in [6, 6.07) is 11.9. The lowest BCUT2D eigenvalue weighted by atomic mass is 10.1. The summed E-state index contributed by atoms with van der Waals surface area (Å²) in [5.41, 5.74) is 4.22. The number of thiazole rings is 1. The standard InChI is InChI=1S/C18H17N3OS/c1-13-5-2-3-7-15(13)16-12-23-18(21-16)9-17(22)20-11-14-6-4-8-19-10-14/h2-8,10,12H,9,11H2,1H3,(H,20,22). The summed E-state index contributed by atoms with van der Waals surface area (Å²) in [7, 11) is 0. The van der Waals surface area contributed by atoms with E-state index in [0.29, 0.717) is 13.0 Å². The Labute approximate surface area is 139 Å². The van der Waals surface area contributed by atoms with Crippen LogP contribution in [0.4, 0.5) is 0 Å². The average Bonchev–Trinajstić information content (AvgIpc) is 3.02. The molecule has 0 saturated carbocycles. The van der Waals surface area contributed by atoms with Crippen LogP contribution in [0.1, 0.15) is 16.1 Å². The van der Waals surface area contributed by atoms with Crippen LogP contribution < -0.4 is 5.32 Å². The summed E-state index contributed by atoms with van der Waals surface area (Å²) >= 11 is 1.52. The van der Waals surface area contributed by atoms with E-state index < -0.39 is 0 Å². The molecule has 1 amide bonds. The van der Waals surface area contributed by atoms with Gasteiger partial charge in [-0.1, -0.05) is 30.3 Å². The van der Waals surface area contributed by atoms with Gasteiger partial charge in [-0.25, -0.2) is 4.98 Å². The molecule has 0 radical (unpaired) electrons. The molecule has 0 aliphatic rings. The van der Waals surface area contributed by atoms with E-state index in [1.807, 2.05) is 29.6 Å². The molecule has 0 saturated heterocycles. The van der Waals surface area contributed by atoms with Gasteiger partial charge in [0.1, 0.15) is 5.01 Å². The maximum absolute atomic E-state index is 12.0. The summed E-state index contributed by atoms with van der Waals surface area (Å²) in [5.74, 6) is -0.0282. The molecule has 116 valence electrons. The molecule has 3 aromatic rings. The van der Waals surface area contributed by atoms with Crippen LogP contribution in [0.15, 0.2) is 54.2 Å². The Balaban J connectivity index is 1.61. The fourth-order valence-electron chi connectivity index (χ4n) is 2.28. The highest BCUT2D eigenvalue weighted by molar-refractivity contribution is 7.10. The largest absolute Gasteiger partial charge is 0.352 e. The van der Waals surface area contributed by atoms with E-state index in [1.165, 1.54) is 16.9 Å². The van der Waals surface area contributed by atoms with Gasteiger partial charge in [-0.15, -0.1) is 11.3 Å². The van der Waals surface area contributed by atoms with Gasteiger partial charge in [0.05, 0.1) is 12.1 Å². The van der Waals surface area contributed by atoms with E-state index in [4.69, 9.17) is 0 Å². The van der Waals surface area contributed by atoms with E-state index in [9.17, 15) is 4.79 Å². The zero-order chi connectivity index (χ0) is 16.1. The second kappa shape index (κ2) is 7.15. The van der Waals surface area contributed by atoms with Crippen LogP contribution in [0.25, 0.3) is 11.3 Å². The minimum absolute atomic E-state index is 0.0282. The van der Waals surface area contributed by atoms with Gasteiger partial charge in [-0.05, 0) is 24.1 Å². The highest BCUT2D eigenvalue weighted by Gasteiger charge is 2.10. The first-order valence-electron chi connectivity index (χ1n) is 7.38. The highest BCUT2D eigenvalue weighted by Crippen LogP contribution is 2.24. The summed E-state index contributed by atoms with van der Waals surface area (Å²) in [5, 5.41) is 5.73. The lowest BCUT2D eigenvalue weighted by molar-refractivity contribution is -0.120. The second-order valence-electron chi connectivity index (χ2n) is 5.26. The molecule has 1 N–H and O–H groups in total. The number of aryl methyl sites for hydroxylation is 1. The molecule has 0 bridgehead atoms. The van der Waals surface area contributed by atoms with Crippen molar-refractivity contribution in [2.45, 2.75) is 19.9 Å². The number of carbonyl (C=O) groups excluding carboxylic acids is 1. The third-order valence-electron chi connectivity index (χ3n) is 3.50. The van der Waals surface area contributed by atoms with Crippen molar-refractivity contribution in [3.8, 4) is 11.3 Å². The van der Waals surface area contributed by atoms with Crippen molar-refractivity contribution >= 4 is 17.2 Å². The zero-order valence-corrected chi connectivity index (χ0v) is 13.6. The molecule has 23 heavy (non-hydrogen) atoms. The molecule has 0 unspecified atom stereocenters. The topological polar surface area (TPSA) is 54.9 Å². The van der Waals surface area contributed by atoms with E-state index >= 15 is 0 Å². The van der Waals surface area contributed by atoms with Crippen molar-refractivity contribution in [2.75, 3.05) is 0 Å². The van der Waals surface area contributed by atoms with Crippen molar-refractivity contribution in [1.82, 2.24) is 15.3 Å². The van der Waals surface area contributed by atoms with E-state index in [0.717, 1.165) is 21.8 Å². The molecule has 0 fully saturated rings.